The van der Waals surface area contributed by atoms with Crippen LogP contribution in [0.1, 0.15) is 24.5 Å². The summed E-state index contributed by atoms with van der Waals surface area (Å²) >= 11 is 0. The van der Waals surface area contributed by atoms with Crippen LogP contribution >= 0.6 is 0 Å². The molecule has 0 fully saturated rings. The Morgan fingerprint density at radius 1 is 1.26 bits per heavy atom. The van der Waals surface area contributed by atoms with Crippen molar-refractivity contribution in [3.05, 3.63) is 29.3 Å². The van der Waals surface area contributed by atoms with Gasteiger partial charge in [0.15, 0.2) is 0 Å². The zero-order valence-corrected chi connectivity index (χ0v) is 12.3. The van der Waals surface area contributed by atoms with Crippen molar-refractivity contribution >= 4 is 15.9 Å². The fraction of sp³-hybridized carbons (Fsp3) is 0.462. The van der Waals surface area contributed by atoms with E-state index in [0.29, 0.717) is 12.1 Å². The Hall–Kier alpha value is -1.40. The van der Waals surface area contributed by atoms with Crippen LogP contribution in [0.15, 0.2) is 23.1 Å². The first-order valence-corrected chi connectivity index (χ1v) is 7.68. The van der Waals surface area contributed by atoms with Crippen molar-refractivity contribution in [2.24, 2.45) is 0 Å². The number of amides is 1. The van der Waals surface area contributed by atoms with Gasteiger partial charge >= 0.3 is 0 Å². The fourth-order valence-corrected chi connectivity index (χ4v) is 2.87. The van der Waals surface area contributed by atoms with Gasteiger partial charge in [0.1, 0.15) is 0 Å². The van der Waals surface area contributed by atoms with E-state index in [0.717, 1.165) is 12.0 Å². The molecule has 0 aromatic heterocycles. The van der Waals surface area contributed by atoms with Crippen molar-refractivity contribution < 1.29 is 13.2 Å². The van der Waals surface area contributed by atoms with Gasteiger partial charge < -0.3 is 5.32 Å². The van der Waals surface area contributed by atoms with Crippen molar-refractivity contribution in [3.63, 3.8) is 0 Å². The van der Waals surface area contributed by atoms with Crippen LogP contribution < -0.4 is 10.0 Å². The van der Waals surface area contributed by atoms with Gasteiger partial charge in [-0.25, -0.2) is 13.1 Å². The molecule has 1 aromatic rings. The second-order valence-electron chi connectivity index (χ2n) is 4.44. The van der Waals surface area contributed by atoms with E-state index >= 15 is 0 Å². The zero-order valence-electron chi connectivity index (χ0n) is 11.5. The number of aryl methyl sites for hydroxylation is 2. The number of carbonyl (C=O) groups is 1. The third-order valence-electron chi connectivity index (χ3n) is 2.61. The van der Waals surface area contributed by atoms with Crippen molar-refractivity contribution in [1.82, 2.24) is 10.0 Å². The van der Waals surface area contributed by atoms with Crippen molar-refractivity contribution in [3.8, 4) is 0 Å². The van der Waals surface area contributed by atoms with Gasteiger partial charge in [-0.3, -0.25) is 4.79 Å². The smallest absolute Gasteiger partial charge is 0.241 e. The first kappa shape index (κ1) is 15.7. The molecule has 0 bridgehead atoms. The van der Waals surface area contributed by atoms with Crippen LogP contribution in [0.2, 0.25) is 0 Å². The number of nitrogens with one attached hydrogen (secondary N) is 2. The molecule has 6 heteroatoms. The molecule has 19 heavy (non-hydrogen) atoms. The highest BCUT2D eigenvalue weighted by atomic mass is 32.2. The molecule has 0 radical (unpaired) electrons. The summed E-state index contributed by atoms with van der Waals surface area (Å²) in [4.78, 5) is 11.6. The lowest BCUT2D eigenvalue weighted by Crippen LogP contribution is -2.37. The summed E-state index contributed by atoms with van der Waals surface area (Å²) in [5.74, 6) is -0.324. The molecule has 0 unspecified atom stereocenters. The fourth-order valence-electron chi connectivity index (χ4n) is 1.67. The largest absolute Gasteiger partial charge is 0.355 e. The Bertz CT molecular complexity index is 553. The van der Waals surface area contributed by atoms with E-state index in [4.69, 9.17) is 0 Å². The number of carbonyl (C=O) groups excluding carboxylic acids is 1. The first-order valence-electron chi connectivity index (χ1n) is 6.20. The molecule has 0 spiro atoms. The molecule has 5 nitrogen and oxygen atoms in total. The molecule has 0 atom stereocenters. The maximum atomic E-state index is 12.1. The summed E-state index contributed by atoms with van der Waals surface area (Å²) in [6.07, 6.45) is 0.815. The average Bonchev–Trinajstić information content (AvgIpc) is 2.33. The van der Waals surface area contributed by atoms with Gasteiger partial charge in [-0.15, -0.1) is 0 Å². The van der Waals surface area contributed by atoms with E-state index in [9.17, 15) is 13.2 Å². The molecule has 2 N–H and O–H groups in total. The molecule has 1 amide bonds. The second kappa shape index (κ2) is 6.68. The number of sulfonamides is 1. The minimum atomic E-state index is -3.64. The summed E-state index contributed by atoms with van der Waals surface area (Å²) in [6.45, 7) is 5.87. The van der Waals surface area contributed by atoms with E-state index in [-0.39, 0.29) is 17.3 Å². The maximum absolute atomic E-state index is 12.1. The van der Waals surface area contributed by atoms with Crippen molar-refractivity contribution in [2.75, 3.05) is 13.1 Å². The van der Waals surface area contributed by atoms with Gasteiger partial charge in [-0.2, -0.15) is 0 Å². The summed E-state index contributed by atoms with van der Waals surface area (Å²) in [5, 5.41) is 2.61. The normalized spacial score (nSPS) is 11.3. The van der Waals surface area contributed by atoms with E-state index in [1.807, 2.05) is 13.8 Å². The molecule has 0 aliphatic heterocycles. The summed E-state index contributed by atoms with van der Waals surface area (Å²) < 4.78 is 26.4. The highest BCUT2D eigenvalue weighted by Gasteiger charge is 2.17. The van der Waals surface area contributed by atoms with Crippen LogP contribution in [0.25, 0.3) is 0 Å². The monoisotopic (exact) mass is 284 g/mol. The summed E-state index contributed by atoms with van der Waals surface area (Å²) in [7, 11) is -3.64. The summed E-state index contributed by atoms with van der Waals surface area (Å²) in [6, 6.07) is 5.08. The highest BCUT2D eigenvalue weighted by Crippen LogP contribution is 2.15. The van der Waals surface area contributed by atoms with Gasteiger partial charge in [0.05, 0.1) is 11.4 Å². The standard InChI is InChI=1S/C13H20N2O3S/c1-4-7-14-13(16)9-15-19(17,18)12-6-5-10(2)8-11(12)3/h5-6,8,15H,4,7,9H2,1-3H3,(H,14,16). The molecule has 0 saturated carbocycles. The van der Waals surface area contributed by atoms with Crippen LogP contribution in [0.3, 0.4) is 0 Å². The lowest BCUT2D eigenvalue weighted by molar-refractivity contribution is -0.119. The van der Waals surface area contributed by atoms with Gasteiger partial charge in [0, 0.05) is 6.54 Å². The third kappa shape index (κ3) is 4.65. The van der Waals surface area contributed by atoms with Crippen molar-refractivity contribution in [2.45, 2.75) is 32.1 Å². The number of hydrogen-bond acceptors (Lipinski definition) is 3. The van der Waals surface area contributed by atoms with Crippen LogP contribution in [0.4, 0.5) is 0 Å². The number of hydrogen-bond donors (Lipinski definition) is 2. The molecule has 0 heterocycles. The number of rotatable bonds is 6. The van der Waals surface area contributed by atoms with Gasteiger partial charge in [0.2, 0.25) is 15.9 Å². The Morgan fingerprint density at radius 3 is 2.53 bits per heavy atom. The lowest BCUT2D eigenvalue weighted by Gasteiger charge is -2.10. The SMILES string of the molecule is CCCNC(=O)CNS(=O)(=O)c1ccc(C)cc1C. The molecule has 0 aliphatic carbocycles. The quantitative estimate of drug-likeness (QED) is 0.821. The molecular weight excluding hydrogens is 264 g/mol. The Kier molecular flexibility index (Phi) is 5.50. The molecule has 1 rings (SSSR count). The average molecular weight is 284 g/mol. The topological polar surface area (TPSA) is 75.3 Å². The molecule has 0 saturated heterocycles. The minimum absolute atomic E-state index is 0.210. The highest BCUT2D eigenvalue weighted by molar-refractivity contribution is 7.89. The van der Waals surface area contributed by atoms with Crippen LogP contribution in [0, 0.1) is 13.8 Å². The van der Waals surface area contributed by atoms with Crippen molar-refractivity contribution in [1.29, 1.82) is 0 Å². The zero-order chi connectivity index (χ0) is 14.5. The second-order valence-corrected chi connectivity index (χ2v) is 6.18. The molecule has 106 valence electrons. The van der Waals surface area contributed by atoms with Gasteiger partial charge in [-0.1, -0.05) is 24.6 Å². The molecular formula is C13H20N2O3S. The Balaban J connectivity index is 2.73. The third-order valence-corrected chi connectivity index (χ3v) is 4.18. The number of benzene rings is 1. The Morgan fingerprint density at radius 2 is 1.95 bits per heavy atom. The molecule has 0 aliphatic rings. The Labute approximate surface area is 114 Å². The molecule has 1 aromatic carbocycles. The minimum Gasteiger partial charge on any atom is -0.355 e. The van der Waals surface area contributed by atoms with Gasteiger partial charge in [-0.05, 0) is 31.9 Å². The van der Waals surface area contributed by atoms with E-state index < -0.39 is 10.0 Å². The van der Waals surface area contributed by atoms with E-state index in [1.165, 1.54) is 0 Å². The van der Waals surface area contributed by atoms with E-state index in [1.54, 1.807) is 25.1 Å². The summed E-state index contributed by atoms with van der Waals surface area (Å²) in [5.41, 5.74) is 1.67. The maximum Gasteiger partial charge on any atom is 0.241 e. The first-order chi connectivity index (χ1) is 8.86. The van der Waals surface area contributed by atoms with Crippen LogP contribution in [-0.4, -0.2) is 27.4 Å². The van der Waals surface area contributed by atoms with E-state index in [2.05, 4.69) is 10.0 Å². The van der Waals surface area contributed by atoms with Crippen LogP contribution in [-0.2, 0) is 14.8 Å². The predicted molar refractivity (Wildman–Crippen MR) is 74.4 cm³/mol. The van der Waals surface area contributed by atoms with Crippen LogP contribution in [0.5, 0.6) is 0 Å². The lowest BCUT2D eigenvalue weighted by atomic mass is 10.2. The predicted octanol–water partition coefficient (Wildman–Crippen LogP) is 1.11. The van der Waals surface area contributed by atoms with Gasteiger partial charge in [0.25, 0.3) is 0 Å².